The molecule has 34 nitrogen and oxygen atoms in total. The van der Waals surface area contributed by atoms with Gasteiger partial charge in [-0.05, 0) is 60.8 Å². The lowest BCUT2D eigenvalue weighted by molar-refractivity contribution is -0.134. The highest BCUT2D eigenvalue weighted by Gasteiger charge is 2.54. The maximum Gasteiger partial charge on any atom is 0.407 e. The first-order chi connectivity index (χ1) is 42.8. The van der Waals surface area contributed by atoms with Crippen LogP contribution in [0.3, 0.4) is 0 Å². The van der Waals surface area contributed by atoms with E-state index in [4.69, 9.17) is 55.6 Å². The number of hydrogen-bond acceptors (Lipinski definition) is 24. The van der Waals surface area contributed by atoms with E-state index in [9.17, 15) is 48.1 Å². The van der Waals surface area contributed by atoms with Crippen molar-refractivity contribution in [3.8, 4) is 0 Å². The van der Waals surface area contributed by atoms with Crippen LogP contribution in [-0.2, 0) is 79.3 Å². The summed E-state index contributed by atoms with van der Waals surface area (Å²) in [5.74, 6) is -3.37. The Morgan fingerprint density at radius 2 is 1.46 bits per heavy atom. The van der Waals surface area contributed by atoms with Crippen molar-refractivity contribution in [3.05, 3.63) is 67.3 Å². The number of urea groups is 1. The van der Waals surface area contributed by atoms with E-state index in [0.717, 1.165) is 28.4 Å². The number of anilines is 3. The normalized spacial score (nSPS) is 26.6. The summed E-state index contributed by atoms with van der Waals surface area (Å²) < 4.78 is 88.6. The van der Waals surface area contributed by atoms with Crippen LogP contribution >= 0.6 is 25.8 Å². The fourth-order valence-corrected chi connectivity index (χ4v) is 12.7. The van der Waals surface area contributed by atoms with Crippen LogP contribution in [-0.4, -0.2) is 184 Å². The van der Waals surface area contributed by atoms with Gasteiger partial charge in [0.1, 0.15) is 67.5 Å². The van der Waals surface area contributed by atoms with Crippen molar-refractivity contribution in [1.29, 1.82) is 0 Å². The Kier molecular flexibility index (Phi) is 21.7. The number of carbonyl (C=O) groups is 7. The van der Waals surface area contributed by atoms with Gasteiger partial charge in [0, 0.05) is 44.2 Å². The monoisotopic (exact) mass is 1340 g/mol. The highest BCUT2D eigenvalue weighted by Crippen LogP contribution is 2.59. The minimum absolute atomic E-state index is 0.000615. The summed E-state index contributed by atoms with van der Waals surface area (Å²) in [6, 6.07) is 3.22. The van der Waals surface area contributed by atoms with Gasteiger partial charge in [0.15, 0.2) is 53.2 Å². The average Bonchev–Trinajstić information content (AvgIpc) is 1.82. The number of rotatable bonds is 22. The molecule has 13 atom stereocenters. The number of nitrogens with two attached hydrogens (primary N) is 2. The molecule has 4 aromatic heterocycles. The van der Waals surface area contributed by atoms with Crippen LogP contribution in [0.15, 0.2) is 61.7 Å². The number of alkyl carbamates (subject to hydrolysis) is 1. The lowest BCUT2D eigenvalue weighted by Crippen LogP contribution is -2.54. The minimum atomic E-state index is -4.55. The molecule has 12 N–H and O–H groups in total. The zero-order chi connectivity index (χ0) is 64.6. The third kappa shape index (κ3) is 16.5. The molecule has 3 unspecified atom stereocenters. The number of alkyl halides is 2. The van der Waals surface area contributed by atoms with Crippen LogP contribution in [0.4, 0.5) is 35.7 Å². The van der Waals surface area contributed by atoms with E-state index in [1.807, 2.05) is 0 Å². The maximum atomic E-state index is 16.7. The van der Waals surface area contributed by atoms with E-state index < -0.39 is 142 Å². The van der Waals surface area contributed by atoms with Gasteiger partial charge in [-0.25, -0.2) is 52.8 Å². The molecular weight excluding hydrogens is 1270 g/mol. The van der Waals surface area contributed by atoms with E-state index in [1.54, 1.807) is 26.0 Å². The molecule has 3 fully saturated rings. The smallest absolute Gasteiger partial charge is 0.407 e. The number of benzene rings is 1. The Hall–Kier alpha value is -7.48. The van der Waals surface area contributed by atoms with E-state index >= 15 is 8.78 Å². The summed E-state index contributed by atoms with van der Waals surface area (Å²) in [5, 5.41) is 25.6. The maximum absolute atomic E-state index is 16.7. The molecule has 0 radical (unpaired) electrons. The SMILES string of the molecule is CC(C)[C@H](NC(=O)CCN1C(=O)C=CC1O)C(=O)N[C@@H](CCCNC(N)=O)C(=O)Nc1ccc(COC(=O)NCCCC(=O)Nc2ncnc3c2ncn3[C@@H]2O[C@@H]3COP(O)(=S)O[C@H]4[C@@H](F)[C@H](n5cnc6c(N)ncnc65)O[C@@H]4COP(=O)(S)O[C@H]3[C@H]2F)cc1. The molecule has 4 aliphatic rings. The van der Waals surface area contributed by atoms with E-state index in [-0.39, 0.29) is 92.3 Å². The van der Waals surface area contributed by atoms with Gasteiger partial charge >= 0.3 is 25.6 Å². The molecule has 3 saturated heterocycles. The second-order valence-electron chi connectivity index (χ2n) is 21.0. The Morgan fingerprint density at radius 3 is 2.11 bits per heavy atom. The summed E-state index contributed by atoms with van der Waals surface area (Å²) in [6.45, 7) is -7.24. The summed E-state index contributed by atoms with van der Waals surface area (Å²) in [5.41, 5.74) is 12.1. The molecular formula is C50H63F2N17O17P2S2. The van der Waals surface area contributed by atoms with Gasteiger partial charge in [-0.3, -0.25) is 46.7 Å². The highest BCUT2D eigenvalue weighted by atomic mass is 32.7. The number of nitrogen functional groups attached to an aromatic ring is 1. The number of halogens is 2. The van der Waals surface area contributed by atoms with Crippen LogP contribution in [0.5, 0.6) is 0 Å². The number of primary amides is 1. The molecule has 0 spiro atoms. The summed E-state index contributed by atoms with van der Waals surface area (Å²) >= 11 is 9.30. The number of hydrogen-bond donors (Lipinski definition) is 11. The minimum Gasteiger partial charge on any atom is -0.445 e. The van der Waals surface area contributed by atoms with Gasteiger partial charge in [-0.1, -0.05) is 38.2 Å². The van der Waals surface area contributed by atoms with Gasteiger partial charge in [-0.2, -0.15) is 0 Å². The third-order valence-electron chi connectivity index (χ3n) is 14.3. The zero-order valence-electron chi connectivity index (χ0n) is 47.7. The van der Waals surface area contributed by atoms with Crippen molar-refractivity contribution in [2.24, 2.45) is 11.7 Å². The van der Waals surface area contributed by atoms with Crippen LogP contribution in [0.1, 0.15) is 64.0 Å². The van der Waals surface area contributed by atoms with Gasteiger partial charge in [0.2, 0.25) is 29.5 Å². The summed E-state index contributed by atoms with van der Waals surface area (Å²) in [4.78, 5) is 126. The molecule has 8 heterocycles. The molecule has 40 heteroatoms. The number of nitrogens with zero attached hydrogens (tertiary/aromatic N) is 9. The number of thiol groups is 1. The first-order valence-electron chi connectivity index (χ1n) is 27.8. The van der Waals surface area contributed by atoms with Crippen molar-refractivity contribution in [3.63, 3.8) is 0 Å². The number of nitrogens with one attached hydrogen (secondary N) is 6. The van der Waals surface area contributed by atoms with Gasteiger partial charge in [0.05, 0.1) is 25.9 Å². The van der Waals surface area contributed by atoms with Crippen molar-refractivity contribution in [2.45, 2.75) is 120 Å². The van der Waals surface area contributed by atoms with E-state index in [2.05, 4.69) is 74.1 Å². The Bertz CT molecular complexity index is 3620. The van der Waals surface area contributed by atoms with Crippen molar-refractivity contribution < 1.29 is 89.2 Å². The van der Waals surface area contributed by atoms with Crippen molar-refractivity contribution in [1.82, 2.24) is 65.2 Å². The molecule has 486 valence electrons. The molecule has 90 heavy (non-hydrogen) atoms. The number of imidazole rings is 2. The molecule has 5 aromatic rings. The summed E-state index contributed by atoms with van der Waals surface area (Å²) in [6.07, 6.45) is -8.65. The van der Waals surface area contributed by atoms with Crippen LogP contribution in [0, 0.1) is 5.92 Å². The number of fused-ring (bicyclic) bond motifs is 4. The van der Waals surface area contributed by atoms with Gasteiger partial charge in [0.25, 0.3) is 0 Å². The largest absolute Gasteiger partial charge is 0.445 e. The van der Waals surface area contributed by atoms with Crippen molar-refractivity contribution >= 4 is 119 Å². The standard InChI is InChI=1S/C50H63F2N17O17P2S2/c1-24(2)36(65-31(71)13-16-67-32(72)11-12-33(67)73)46(75)64-27(5-3-14-55-49(54)76)45(74)63-26-9-7-25(8-10-26)17-80-50(77)56-15-4-6-30(70)66-42-38-44(60-21-58-42)69(23-62-38)48-35(52)40-29(84-48)19-82-87(78,89)85-39-28(18-81-88(79,90)86-40)83-47(34(39)51)68-22-61-37-41(53)57-20-59-43(37)68/h7-12,20-24,27-29,32,34-36,39-40,47-48,72H,3-6,13-19H2,1-2H3,(H,56,77)(H,63,74)(H,64,75)(H,65,71)(H,78,89)(H,79,90)(H2,53,57,59)(H3,54,55,76)(H,58,60,66,70)/t27-,28+,29+,32?,34+,35+,36-,39+,40+,47+,48+,87?,88?/m0/s1. The molecule has 1 aromatic carbocycles. The molecule has 0 aliphatic carbocycles. The molecule has 0 bridgehead atoms. The average molecular weight is 1340 g/mol. The van der Waals surface area contributed by atoms with Gasteiger partial charge < -0.3 is 77.0 Å². The van der Waals surface area contributed by atoms with Gasteiger partial charge in [-0.15, -0.1) is 0 Å². The fraction of sp³-hybridized carbons (Fsp3) is 0.500. The second-order valence-corrected chi connectivity index (χ2v) is 26.7. The predicted octanol–water partition coefficient (Wildman–Crippen LogP) is 1.56. The van der Waals surface area contributed by atoms with Crippen LogP contribution < -0.4 is 43.4 Å². The summed E-state index contributed by atoms with van der Waals surface area (Å²) in [7, 11) is 0. The molecule has 0 saturated carbocycles. The topological polar surface area (TPSA) is 456 Å². The number of ether oxygens (including phenoxy) is 3. The lowest BCUT2D eigenvalue weighted by Gasteiger charge is -2.29. The second kappa shape index (κ2) is 29.2. The molecule has 9 rings (SSSR count). The highest BCUT2D eigenvalue weighted by molar-refractivity contribution is 8.44. The predicted molar refractivity (Wildman–Crippen MR) is 316 cm³/mol. The molecule has 8 amide bonds. The lowest BCUT2D eigenvalue weighted by atomic mass is 10.0. The Morgan fingerprint density at radius 1 is 0.822 bits per heavy atom. The number of amides is 8. The number of aromatic nitrogens is 8. The number of aliphatic hydroxyl groups is 1. The molecule has 4 aliphatic heterocycles. The Balaban J connectivity index is 0.727. The Labute approximate surface area is 519 Å². The van der Waals surface area contributed by atoms with Crippen molar-refractivity contribution in [2.75, 3.05) is 49.2 Å². The number of aliphatic hydroxyl groups excluding tert-OH is 1. The van der Waals surface area contributed by atoms with Crippen LogP contribution in [0.25, 0.3) is 22.3 Å². The van der Waals surface area contributed by atoms with E-state index in [0.29, 0.717) is 11.3 Å². The quantitative estimate of drug-likeness (QED) is 0.0266. The first-order valence-corrected chi connectivity index (χ1v) is 33.0. The van der Waals surface area contributed by atoms with Crippen LogP contribution in [0.2, 0.25) is 0 Å². The van der Waals surface area contributed by atoms with E-state index in [1.165, 1.54) is 35.2 Å². The first kappa shape index (κ1) is 66.9. The number of carbonyl (C=O) groups excluding carboxylic acids is 7. The fourth-order valence-electron chi connectivity index (χ4n) is 9.78. The zero-order valence-corrected chi connectivity index (χ0v) is 51.2. The third-order valence-corrected chi connectivity index (χ3v) is 17.5.